The lowest BCUT2D eigenvalue weighted by atomic mass is 10.3. The molecule has 17 heavy (non-hydrogen) atoms. The molecule has 0 bridgehead atoms. The second kappa shape index (κ2) is 5.89. The molecule has 2 aromatic rings. The first-order chi connectivity index (χ1) is 8.29. The molecule has 0 aliphatic heterocycles. The van der Waals surface area contributed by atoms with Gasteiger partial charge in [-0.05, 0) is 47.2 Å². The van der Waals surface area contributed by atoms with Gasteiger partial charge in [-0.2, -0.15) is 0 Å². The Labute approximate surface area is 109 Å². The average Bonchev–Trinajstić information content (AvgIpc) is 2.76. The van der Waals surface area contributed by atoms with Gasteiger partial charge in [-0.3, -0.25) is 0 Å². The number of para-hydroxylation sites is 1. The SMILES string of the molecule is CNCc1ccc(COc2ccccc2Br)o1. The van der Waals surface area contributed by atoms with Crippen molar-refractivity contribution in [2.75, 3.05) is 7.05 Å². The highest BCUT2D eigenvalue weighted by Crippen LogP contribution is 2.24. The monoisotopic (exact) mass is 295 g/mol. The highest BCUT2D eigenvalue weighted by Gasteiger charge is 2.04. The maximum Gasteiger partial charge on any atom is 0.146 e. The highest BCUT2D eigenvalue weighted by molar-refractivity contribution is 9.10. The van der Waals surface area contributed by atoms with E-state index >= 15 is 0 Å². The molecule has 4 heteroatoms. The fourth-order valence-electron chi connectivity index (χ4n) is 1.48. The molecule has 1 aromatic heterocycles. The second-order valence-corrected chi connectivity index (χ2v) is 4.47. The number of nitrogens with one attached hydrogen (secondary N) is 1. The van der Waals surface area contributed by atoms with Gasteiger partial charge >= 0.3 is 0 Å². The van der Waals surface area contributed by atoms with Crippen molar-refractivity contribution in [2.45, 2.75) is 13.2 Å². The van der Waals surface area contributed by atoms with Crippen molar-refractivity contribution in [3.63, 3.8) is 0 Å². The predicted octanol–water partition coefficient (Wildman–Crippen LogP) is 3.34. The standard InChI is InChI=1S/C13H14BrNO2/c1-15-8-10-6-7-11(17-10)9-16-13-5-3-2-4-12(13)14/h2-7,15H,8-9H2,1H3. The molecule has 0 atom stereocenters. The molecule has 0 aliphatic rings. The van der Waals surface area contributed by atoms with Crippen LogP contribution in [-0.4, -0.2) is 7.05 Å². The maximum atomic E-state index is 5.65. The fourth-order valence-corrected chi connectivity index (χ4v) is 1.88. The minimum atomic E-state index is 0.437. The average molecular weight is 296 g/mol. The summed E-state index contributed by atoms with van der Waals surface area (Å²) in [6.45, 7) is 1.17. The van der Waals surface area contributed by atoms with Crippen LogP contribution in [0, 0.1) is 0 Å². The van der Waals surface area contributed by atoms with Crippen molar-refractivity contribution in [1.29, 1.82) is 0 Å². The Morgan fingerprint density at radius 1 is 1.18 bits per heavy atom. The van der Waals surface area contributed by atoms with Gasteiger partial charge in [-0.1, -0.05) is 12.1 Å². The normalized spacial score (nSPS) is 10.5. The summed E-state index contributed by atoms with van der Waals surface area (Å²) in [5.41, 5.74) is 0. The molecule has 0 saturated heterocycles. The van der Waals surface area contributed by atoms with E-state index in [0.717, 1.165) is 28.3 Å². The number of benzene rings is 1. The molecule has 0 fully saturated rings. The van der Waals surface area contributed by atoms with E-state index in [0.29, 0.717) is 6.61 Å². The van der Waals surface area contributed by atoms with E-state index in [4.69, 9.17) is 9.15 Å². The molecule has 0 radical (unpaired) electrons. The van der Waals surface area contributed by atoms with Crippen LogP contribution in [0.3, 0.4) is 0 Å². The molecule has 0 unspecified atom stereocenters. The molecule has 0 aliphatic carbocycles. The summed E-state index contributed by atoms with van der Waals surface area (Å²) >= 11 is 3.43. The molecule has 1 aromatic carbocycles. The van der Waals surface area contributed by atoms with Crippen molar-refractivity contribution in [1.82, 2.24) is 5.32 Å². The zero-order chi connectivity index (χ0) is 12.1. The summed E-state index contributed by atoms with van der Waals surface area (Å²) in [4.78, 5) is 0. The summed E-state index contributed by atoms with van der Waals surface area (Å²) in [5.74, 6) is 2.56. The van der Waals surface area contributed by atoms with Crippen LogP contribution in [0.5, 0.6) is 5.75 Å². The number of hydrogen-bond acceptors (Lipinski definition) is 3. The molecular formula is C13H14BrNO2. The Bertz CT molecular complexity index is 482. The Kier molecular flexibility index (Phi) is 4.23. The van der Waals surface area contributed by atoms with Crippen molar-refractivity contribution < 1.29 is 9.15 Å². The Morgan fingerprint density at radius 2 is 1.94 bits per heavy atom. The maximum absolute atomic E-state index is 5.65. The van der Waals surface area contributed by atoms with E-state index in [-0.39, 0.29) is 0 Å². The van der Waals surface area contributed by atoms with Crippen molar-refractivity contribution in [3.05, 3.63) is 52.4 Å². The minimum Gasteiger partial charge on any atom is -0.484 e. The Morgan fingerprint density at radius 3 is 2.71 bits per heavy atom. The molecular weight excluding hydrogens is 282 g/mol. The van der Waals surface area contributed by atoms with Gasteiger partial charge in [-0.25, -0.2) is 0 Å². The zero-order valence-corrected chi connectivity index (χ0v) is 11.2. The van der Waals surface area contributed by atoms with Crippen LogP contribution < -0.4 is 10.1 Å². The first-order valence-corrected chi connectivity index (χ1v) is 6.18. The van der Waals surface area contributed by atoms with E-state index in [1.54, 1.807) is 0 Å². The fraction of sp³-hybridized carbons (Fsp3) is 0.231. The van der Waals surface area contributed by atoms with Crippen LogP contribution in [0.4, 0.5) is 0 Å². The van der Waals surface area contributed by atoms with Crippen molar-refractivity contribution in [2.24, 2.45) is 0 Å². The number of furan rings is 1. The van der Waals surface area contributed by atoms with Crippen LogP contribution in [0.25, 0.3) is 0 Å². The van der Waals surface area contributed by atoms with E-state index in [1.807, 2.05) is 43.4 Å². The third-order valence-corrected chi connectivity index (χ3v) is 2.93. The summed E-state index contributed by atoms with van der Waals surface area (Å²) in [6.07, 6.45) is 0. The van der Waals surface area contributed by atoms with Crippen LogP contribution in [0.15, 0.2) is 45.3 Å². The molecule has 3 nitrogen and oxygen atoms in total. The molecule has 1 heterocycles. The predicted molar refractivity (Wildman–Crippen MR) is 69.9 cm³/mol. The lowest BCUT2D eigenvalue weighted by Crippen LogP contribution is -2.03. The van der Waals surface area contributed by atoms with Crippen LogP contribution in [0.1, 0.15) is 11.5 Å². The molecule has 2 rings (SSSR count). The first kappa shape index (κ1) is 12.2. The van der Waals surface area contributed by atoms with Crippen molar-refractivity contribution >= 4 is 15.9 Å². The van der Waals surface area contributed by atoms with Crippen molar-refractivity contribution in [3.8, 4) is 5.75 Å². The smallest absolute Gasteiger partial charge is 0.146 e. The van der Waals surface area contributed by atoms with Gasteiger partial charge in [0.05, 0.1) is 11.0 Å². The third-order valence-electron chi connectivity index (χ3n) is 2.27. The van der Waals surface area contributed by atoms with Gasteiger partial charge in [0.15, 0.2) is 0 Å². The Balaban J connectivity index is 1.95. The van der Waals surface area contributed by atoms with Gasteiger partial charge in [0.25, 0.3) is 0 Å². The summed E-state index contributed by atoms with van der Waals surface area (Å²) < 4.78 is 12.2. The Hall–Kier alpha value is -1.26. The molecule has 0 amide bonds. The van der Waals surface area contributed by atoms with E-state index in [9.17, 15) is 0 Å². The summed E-state index contributed by atoms with van der Waals surface area (Å²) in [7, 11) is 1.89. The molecule has 90 valence electrons. The zero-order valence-electron chi connectivity index (χ0n) is 9.57. The van der Waals surface area contributed by atoms with E-state index in [1.165, 1.54) is 0 Å². The lowest BCUT2D eigenvalue weighted by Gasteiger charge is -2.05. The second-order valence-electron chi connectivity index (χ2n) is 3.62. The molecule has 0 saturated carbocycles. The van der Waals surface area contributed by atoms with Gasteiger partial charge in [0, 0.05) is 0 Å². The number of halogens is 1. The van der Waals surface area contributed by atoms with Gasteiger partial charge < -0.3 is 14.5 Å². The number of hydrogen-bond donors (Lipinski definition) is 1. The van der Waals surface area contributed by atoms with Gasteiger partial charge in [-0.15, -0.1) is 0 Å². The van der Waals surface area contributed by atoms with Crippen LogP contribution in [0.2, 0.25) is 0 Å². The number of ether oxygens (including phenoxy) is 1. The number of rotatable bonds is 5. The lowest BCUT2D eigenvalue weighted by molar-refractivity contribution is 0.264. The van der Waals surface area contributed by atoms with Crippen LogP contribution >= 0.6 is 15.9 Å². The topological polar surface area (TPSA) is 34.4 Å². The first-order valence-electron chi connectivity index (χ1n) is 5.39. The third kappa shape index (κ3) is 3.35. The molecule has 0 spiro atoms. The quantitative estimate of drug-likeness (QED) is 0.919. The highest BCUT2D eigenvalue weighted by atomic mass is 79.9. The van der Waals surface area contributed by atoms with Crippen LogP contribution in [-0.2, 0) is 13.2 Å². The largest absolute Gasteiger partial charge is 0.484 e. The van der Waals surface area contributed by atoms with E-state index < -0.39 is 0 Å². The van der Waals surface area contributed by atoms with E-state index in [2.05, 4.69) is 21.2 Å². The summed E-state index contributed by atoms with van der Waals surface area (Å²) in [6, 6.07) is 11.6. The summed E-state index contributed by atoms with van der Waals surface area (Å²) in [5, 5.41) is 3.04. The van der Waals surface area contributed by atoms with Gasteiger partial charge in [0.2, 0.25) is 0 Å². The minimum absolute atomic E-state index is 0.437. The molecule has 1 N–H and O–H groups in total. The van der Waals surface area contributed by atoms with Gasteiger partial charge in [0.1, 0.15) is 23.9 Å².